The van der Waals surface area contributed by atoms with E-state index in [9.17, 15) is 0 Å². The summed E-state index contributed by atoms with van der Waals surface area (Å²) < 4.78 is 0. The first kappa shape index (κ1) is 18.1. The lowest BCUT2D eigenvalue weighted by Crippen LogP contribution is -2.11. The van der Waals surface area contributed by atoms with Crippen molar-refractivity contribution >= 4 is 41.5 Å². The summed E-state index contributed by atoms with van der Waals surface area (Å²) in [7, 11) is 0. The van der Waals surface area contributed by atoms with E-state index in [2.05, 4.69) is 12.6 Å². The first-order valence-corrected chi connectivity index (χ1v) is 12.4. The van der Waals surface area contributed by atoms with Crippen LogP contribution in [0.3, 0.4) is 0 Å². The van der Waals surface area contributed by atoms with E-state index in [0.717, 1.165) is 11.8 Å². The molecule has 0 aliphatic carbocycles. The summed E-state index contributed by atoms with van der Waals surface area (Å²) in [6.45, 7) is 0.202. The molecule has 0 aromatic heterocycles. The Labute approximate surface area is 124 Å². The molecule has 0 radical (unpaired) electrons. The maximum atomic E-state index is 6.06. The molecule has 104 valence electrons. The Bertz CT molecular complexity index is 160. The molecule has 0 aromatic carbocycles. The van der Waals surface area contributed by atoms with Gasteiger partial charge in [0, 0.05) is 0 Å². The second kappa shape index (κ2) is 12.2. The van der Waals surface area contributed by atoms with E-state index in [-0.39, 0.29) is 0 Å². The van der Waals surface area contributed by atoms with Gasteiger partial charge in [-0.05, 0) is 24.8 Å². The van der Waals surface area contributed by atoms with Crippen LogP contribution in [0, 0.1) is 0 Å². The van der Waals surface area contributed by atoms with E-state index in [1.807, 2.05) is 6.55 Å². The molecule has 0 amide bonds. The molecule has 0 rings (SSSR count). The topological polar surface area (TPSA) is 0 Å². The zero-order valence-electron chi connectivity index (χ0n) is 11.2. The first-order chi connectivity index (χ1) is 8.06. The molecule has 4 heteroatoms. The van der Waals surface area contributed by atoms with Crippen LogP contribution in [-0.2, 0) is 0 Å². The Morgan fingerprint density at radius 1 is 0.706 bits per heavy atom. The van der Waals surface area contributed by atoms with Crippen LogP contribution in [-0.4, -0.2) is 12.4 Å². The fraction of sp³-hybridized carbons (Fsp3) is 1.00. The molecule has 0 atom stereocenters. The molecule has 0 aromatic rings. The summed E-state index contributed by atoms with van der Waals surface area (Å²) in [5.41, 5.74) is 0. The lowest BCUT2D eigenvalue weighted by atomic mass is 10.1. The summed E-state index contributed by atoms with van der Waals surface area (Å²) in [6, 6.07) is 1.06. The zero-order valence-corrected chi connectivity index (χ0v) is 14.6. The third-order valence-corrected chi connectivity index (χ3v) is 5.71. The van der Waals surface area contributed by atoms with Crippen molar-refractivity contribution in [2.45, 2.75) is 76.8 Å². The van der Waals surface area contributed by atoms with Gasteiger partial charge in [-0.3, -0.25) is 0 Å². The quantitative estimate of drug-likeness (QED) is 0.184. The smallest absolute Gasteiger partial charge is 0.179 e. The molecule has 0 N–H and O–H groups in total. The minimum Gasteiger partial charge on any atom is -0.179 e. The van der Waals surface area contributed by atoms with Crippen molar-refractivity contribution in [3.8, 4) is 0 Å². The summed E-state index contributed by atoms with van der Waals surface area (Å²) in [6.07, 6.45) is 13.5. The van der Waals surface area contributed by atoms with Crippen LogP contribution in [0.15, 0.2) is 0 Å². The van der Waals surface area contributed by atoms with Crippen molar-refractivity contribution in [2.24, 2.45) is 0 Å². The first-order valence-electron chi connectivity index (χ1n) is 7.05. The summed E-state index contributed by atoms with van der Waals surface area (Å²) in [5, 5.41) is 0. The van der Waals surface area contributed by atoms with Gasteiger partial charge in [0.2, 0.25) is 6.69 Å². The average molecular weight is 315 g/mol. The highest BCUT2D eigenvalue weighted by molar-refractivity contribution is 7.80. The Hall–Kier alpha value is 1.15. The predicted octanol–water partition coefficient (Wildman–Crippen LogP) is 6.37. The largest absolute Gasteiger partial charge is 0.248 e. The van der Waals surface area contributed by atoms with Crippen LogP contribution < -0.4 is 0 Å². The second-order valence-corrected chi connectivity index (χ2v) is 13.8. The van der Waals surface area contributed by atoms with Crippen molar-refractivity contribution in [1.29, 1.82) is 0 Å². The Balaban J connectivity index is 2.99. The van der Waals surface area contributed by atoms with E-state index in [0.29, 0.717) is 0 Å². The van der Waals surface area contributed by atoms with Gasteiger partial charge in [-0.25, -0.2) is 0 Å². The molecule has 0 aliphatic rings. The monoisotopic (exact) mass is 314 g/mol. The second-order valence-electron chi connectivity index (χ2n) is 5.08. The maximum Gasteiger partial charge on any atom is 0.248 e. The molecule has 0 saturated heterocycles. The van der Waals surface area contributed by atoms with Crippen LogP contribution in [0.1, 0.15) is 64.2 Å². The molecule has 0 heterocycles. The van der Waals surface area contributed by atoms with Crippen LogP contribution in [0.4, 0.5) is 0 Å². The third kappa shape index (κ3) is 17.1. The minimum atomic E-state index is -1.81. The number of unbranched alkanes of at least 4 members (excludes halogenated alkanes) is 9. The normalized spacial score (nSPS) is 12.0. The van der Waals surface area contributed by atoms with Gasteiger partial charge in [0.05, 0.1) is 0 Å². The number of hydrogen-bond acceptors (Lipinski definition) is 1. The highest BCUT2D eigenvalue weighted by Crippen LogP contribution is 2.23. The number of halogens is 2. The molecule has 0 nitrogen and oxygen atoms in total. The van der Waals surface area contributed by atoms with Crippen LogP contribution in [0.25, 0.3) is 0 Å². The van der Waals surface area contributed by atoms with E-state index < -0.39 is 6.69 Å². The lowest BCUT2D eigenvalue weighted by molar-refractivity contribution is 0.563. The number of hydrogen-bond donors (Lipinski definition) is 1. The average Bonchev–Trinajstić information content (AvgIpc) is 2.24. The molecule has 0 aliphatic heterocycles. The summed E-state index contributed by atoms with van der Waals surface area (Å²) in [4.78, 5) is 0. The molecule has 0 bridgehead atoms. The number of rotatable bonds is 12. The van der Waals surface area contributed by atoms with E-state index in [1.54, 1.807) is 0 Å². The van der Waals surface area contributed by atoms with Crippen LogP contribution >= 0.6 is 34.8 Å². The lowest BCUT2D eigenvalue weighted by Gasteiger charge is -2.09. The molecule has 0 fully saturated rings. The standard InChI is InChI=1S/C13H28Cl2SSi/c1-17(14,15)13-11-9-7-5-3-2-4-6-8-10-12-16/h16H,2-13H2,1H3. The van der Waals surface area contributed by atoms with Crippen LogP contribution in [0.2, 0.25) is 12.6 Å². The summed E-state index contributed by atoms with van der Waals surface area (Å²) in [5.74, 6) is 1.05. The van der Waals surface area contributed by atoms with Crippen molar-refractivity contribution in [3.63, 3.8) is 0 Å². The molecule has 0 spiro atoms. The molecular formula is C13H28Cl2SSi. The van der Waals surface area contributed by atoms with Crippen LogP contribution in [0.5, 0.6) is 0 Å². The third-order valence-electron chi connectivity index (χ3n) is 3.02. The SMILES string of the molecule is C[Si](Cl)(Cl)CCCCCCCCCCCCS. The summed E-state index contributed by atoms with van der Waals surface area (Å²) >= 11 is 16.3. The molecule has 0 unspecified atom stereocenters. The Kier molecular flexibility index (Phi) is 13.0. The predicted molar refractivity (Wildman–Crippen MR) is 88.2 cm³/mol. The maximum absolute atomic E-state index is 6.06. The van der Waals surface area contributed by atoms with Gasteiger partial charge in [0.15, 0.2) is 0 Å². The zero-order chi connectivity index (χ0) is 13.0. The van der Waals surface area contributed by atoms with Gasteiger partial charge in [-0.2, -0.15) is 12.6 Å². The van der Waals surface area contributed by atoms with E-state index in [1.165, 1.54) is 64.2 Å². The number of thiol groups is 1. The fourth-order valence-corrected chi connectivity index (χ4v) is 3.86. The van der Waals surface area contributed by atoms with Crippen molar-refractivity contribution < 1.29 is 0 Å². The minimum absolute atomic E-state index is 1.05. The molecular weight excluding hydrogens is 287 g/mol. The van der Waals surface area contributed by atoms with Crippen molar-refractivity contribution in [3.05, 3.63) is 0 Å². The molecule has 17 heavy (non-hydrogen) atoms. The van der Waals surface area contributed by atoms with Gasteiger partial charge in [-0.15, -0.1) is 22.2 Å². The van der Waals surface area contributed by atoms with Gasteiger partial charge >= 0.3 is 0 Å². The van der Waals surface area contributed by atoms with Gasteiger partial charge in [0.25, 0.3) is 0 Å². The van der Waals surface area contributed by atoms with Crippen molar-refractivity contribution in [1.82, 2.24) is 0 Å². The van der Waals surface area contributed by atoms with Gasteiger partial charge < -0.3 is 0 Å². The van der Waals surface area contributed by atoms with Gasteiger partial charge in [0.1, 0.15) is 0 Å². The fourth-order valence-electron chi connectivity index (χ4n) is 1.96. The Morgan fingerprint density at radius 2 is 1.06 bits per heavy atom. The molecule has 0 saturated carbocycles. The van der Waals surface area contributed by atoms with Crippen molar-refractivity contribution in [2.75, 3.05) is 5.75 Å². The highest BCUT2D eigenvalue weighted by Gasteiger charge is 2.19. The van der Waals surface area contributed by atoms with Gasteiger partial charge in [-0.1, -0.05) is 57.8 Å². The van der Waals surface area contributed by atoms with E-state index in [4.69, 9.17) is 22.2 Å². The van der Waals surface area contributed by atoms with E-state index >= 15 is 0 Å². The Morgan fingerprint density at radius 3 is 1.41 bits per heavy atom. The highest BCUT2D eigenvalue weighted by atomic mass is 35.7.